The summed E-state index contributed by atoms with van der Waals surface area (Å²) in [6.45, 7) is 3.95. The fourth-order valence-electron chi connectivity index (χ4n) is 1.82. The van der Waals surface area contributed by atoms with E-state index in [1.807, 2.05) is 43.3 Å². The van der Waals surface area contributed by atoms with Crippen LogP contribution in [0.15, 0.2) is 42.6 Å². The van der Waals surface area contributed by atoms with Gasteiger partial charge in [0, 0.05) is 5.69 Å². The Hall–Kier alpha value is -2.36. The number of anilines is 1. The van der Waals surface area contributed by atoms with Crippen molar-refractivity contribution in [2.45, 2.75) is 20.3 Å². The van der Waals surface area contributed by atoms with Crippen LogP contribution in [0.2, 0.25) is 0 Å². The number of ether oxygens (including phenoxy) is 1. The molecule has 1 amide bonds. The summed E-state index contributed by atoms with van der Waals surface area (Å²) in [6.07, 6.45) is 2.51. The maximum absolute atomic E-state index is 11.8. The number of hydrogen-bond donors (Lipinski definition) is 1. The van der Waals surface area contributed by atoms with Gasteiger partial charge in [-0.3, -0.25) is 9.78 Å². The number of aryl methyl sites for hydroxylation is 2. The van der Waals surface area contributed by atoms with Gasteiger partial charge in [0.25, 0.3) is 5.91 Å². The van der Waals surface area contributed by atoms with E-state index < -0.39 is 0 Å². The molecular weight excluding hydrogens is 252 g/mol. The van der Waals surface area contributed by atoms with E-state index in [4.69, 9.17) is 4.74 Å². The van der Waals surface area contributed by atoms with Crippen molar-refractivity contribution in [2.24, 2.45) is 0 Å². The standard InChI is InChI=1S/C16H18N2O2/c1-3-13-6-4-5-7-15(13)20-11-16(19)18-14-9-8-12(2)17-10-14/h4-10H,3,11H2,1-2H3,(H,18,19). The molecule has 0 saturated heterocycles. The molecule has 1 heterocycles. The summed E-state index contributed by atoms with van der Waals surface area (Å²) in [5.41, 5.74) is 2.68. The van der Waals surface area contributed by atoms with Gasteiger partial charge in [0.1, 0.15) is 5.75 Å². The Bertz CT molecular complexity index is 579. The van der Waals surface area contributed by atoms with Crippen LogP contribution in [0.3, 0.4) is 0 Å². The minimum Gasteiger partial charge on any atom is -0.483 e. The highest BCUT2D eigenvalue weighted by molar-refractivity contribution is 5.91. The van der Waals surface area contributed by atoms with E-state index in [9.17, 15) is 4.79 Å². The van der Waals surface area contributed by atoms with Gasteiger partial charge in [-0.25, -0.2) is 0 Å². The minimum absolute atomic E-state index is 0.00904. The van der Waals surface area contributed by atoms with Gasteiger partial charge < -0.3 is 10.1 Å². The molecule has 2 aromatic rings. The van der Waals surface area contributed by atoms with Crippen molar-refractivity contribution in [3.05, 3.63) is 53.9 Å². The van der Waals surface area contributed by atoms with Crippen molar-refractivity contribution in [3.63, 3.8) is 0 Å². The van der Waals surface area contributed by atoms with E-state index >= 15 is 0 Å². The SMILES string of the molecule is CCc1ccccc1OCC(=O)Nc1ccc(C)nc1. The molecule has 0 saturated carbocycles. The van der Waals surface area contributed by atoms with Gasteiger partial charge in [-0.1, -0.05) is 25.1 Å². The molecule has 104 valence electrons. The number of hydrogen-bond acceptors (Lipinski definition) is 3. The summed E-state index contributed by atoms with van der Waals surface area (Å²) in [7, 11) is 0. The Labute approximate surface area is 118 Å². The Morgan fingerprint density at radius 2 is 2.05 bits per heavy atom. The molecule has 1 aromatic carbocycles. The second kappa shape index (κ2) is 6.70. The van der Waals surface area contributed by atoms with Crippen LogP contribution in [0.1, 0.15) is 18.2 Å². The molecule has 0 bridgehead atoms. The Kier molecular flexibility index (Phi) is 4.71. The van der Waals surface area contributed by atoms with Crippen molar-refractivity contribution in [1.29, 1.82) is 0 Å². The average Bonchev–Trinajstić information content (AvgIpc) is 2.48. The van der Waals surface area contributed by atoms with Crippen LogP contribution in [0.5, 0.6) is 5.75 Å². The zero-order valence-electron chi connectivity index (χ0n) is 11.7. The highest BCUT2D eigenvalue weighted by Gasteiger charge is 2.06. The summed E-state index contributed by atoms with van der Waals surface area (Å²) >= 11 is 0. The molecule has 0 spiro atoms. The number of para-hydroxylation sites is 1. The third kappa shape index (κ3) is 3.82. The third-order valence-corrected chi connectivity index (χ3v) is 2.91. The molecule has 0 aliphatic heterocycles. The van der Waals surface area contributed by atoms with Gasteiger partial charge in [-0.15, -0.1) is 0 Å². The highest BCUT2D eigenvalue weighted by Crippen LogP contribution is 2.18. The topological polar surface area (TPSA) is 51.2 Å². The first-order valence-corrected chi connectivity index (χ1v) is 6.62. The van der Waals surface area contributed by atoms with Crippen LogP contribution in [-0.4, -0.2) is 17.5 Å². The van der Waals surface area contributed by atoms with E-state index in [-0.39, 0.29) is 12.5 Å². The molecule has 0 radical (unpaired) electrons. The summed E-state index contributed by atoms with van der Waals surface area (Å²) in [6, 6.07) is 11.4. The van der Waals surface area contributed by atoms with Gasteiger partial charge in [0.2, 0.25) is 0 Å². The van der Waals surface area contributed by atoms with E-state index in [0.717, 1.165) is 23.4 Å². The molecule has 0 atom stereocenters. The molecule has 2 rings (SSSR count). The number of amides is 1. The van der Waals surface area contributed by atoms with Crippen molar-refractivity contribution in [3.8, 4) is 5.75 Å². The molecule has 4 nitrogen and oxygen atoms in total. The van der Waals surface area contributed by atoms with Crippen LogP contribution in [0.4, 0.5) is 5.69 Å². The Morgan fingerprint density at radius 3 is 2.75 bits per heavy atom. The number of carbonyl (C=O) groups excluding carboxylic acids is 1. The summed E-state index contributed by atoms with van der Waals surface area (Å²) in [4.78, 5) is 15.9. The number of benzene rings is 1. The van der Waals surface area contributed by atoms with Gasteiger partial charge in [0.15, 0.2) is 6.61 Å². The zero-order valence-corrected chi connectivity index (χ0v) is 11.7. The molecule has 0 aliphatic rings. The number of carbonyl (C=O) groups is 1. The summed E-state index contributed by atoms with van der Waals surface area (Å²) in [5.74, 6) is 0.564. The van der Waals surface area contributed by atoms with E-state index in [2.05, 4.69) is 17.2 Å². The smallest absolute Gasteiger partial charge is 0.262 e. The van der Waals surface area contributed by atoms with Gasteiger partial charge in [-0.2, -0.15) is 0 Å². The number of rotatable bonds is 5. The summed E-state index contributed by atoms with van der Waals surface area (Å²) in [5, 5.41) is 2.75. The largest absolute Gasteiger partial charge is 0.483 e. The monoisotopic (exact) mass is 270 g/mol. The van der Waals surface area contributed by atoms with Crippen molar-refractivity contribution in [2.75, 3.05) is 11.9 Å². The molecule has 0 fully saturated rings. The lowest BCUT2D eigenvalue weighted by Crippen LogP contribution is -2.20. The second-order valence-electron chi connectivity index (χ2n) is 4.49. The van der Waals surface area contributed by atoms with Crippen LogP contribution >= 0.6 is 0 Å². The molecule has 4 heteroatoms. The first-order chi connectivity index (χ1) is 9.69. The maximum Gasteiger partial charge on any atom is 0.262 e. The first kappa shape index (κ1) is 14.1. The van der Waals surface area contributed by atoms with Crippen LogP contribution in [0, 0.1) is 6.92 Å². The van der Waals surface area contributed by atoms with E-state index in [1.165, 1.54) is 0 Å². The third-order valence-electron chi connectivity index (χ3n) is 2.91. The molecular formula is C16H18N2O2. The fourth-order valence-corrected chi connectivity index (χ4v) is 1.82. The summed E-state index contributed by atoms with van der Waals surface area (Å²) < 4.78 is 5.55. The van der Waals surface area contributed by atoms with Gasteiger partial charge in [0.05, 0.1) is 11.9 Å². The maximum atomic E-state index is 11.8. The number of nitrogens with one attached hydrogen (secondary N) is 1. The lowest BCUT2D eigenvalue weighted by atomic mass is 10.1. The molecule has 1 aromatic heterocycles. The molecule has 0 unspecified atom stereocenters. The first-order valence-electron chi connectivity index (χ1n) is 6.62. The second-order valence-corrected chi connectivity index (χ2v) is 4.49. The highest BCUT2D eigenvalue weighted by atomic mass is 16.5. The lowest BCUT2D eigenvalue weighted by molar-refractivity contribution is -0.118. The van der Waals surface area contributed by atoms with Crippen molar-refractivity contribution in [1.82, 2.24) is 4.98 Å². The zero-order chi connectivity index (χ0) is 14.4. The number of nitrogens with zero attached hydrogens (tertiary/aromatic N) is 1. The van der Waals surface area contributed by atoms with Crippen molar-refractivity contribution < 1.29 is 9.53 Å². The average molecular weight is 270 g/mol. The van der Waals surface area contributed by atoms with Crippen LogP contribution in [-0.2, 0) is 11.2 Å². The predicted octanol–water partition coefficient (Wildman–Crippen LogP) is 2.97. The molecule has 0 aliphatic carbocycles. The Morgan fingerprint density at radius 1 is 1.25 bits per heavy atom. The van der Waals surface area contributed by atoms with Crippen LogP contribution in [0.25, 0.3) is 0 Å². The van der Waals surface area contributed by atoms with Gasteiger partial charge >= 0.3 is 0 Å². The van der Waals surface area contributed by atoms with E-state index in [1.54, 1.807) is 6.20 Å². The van der Waals surface area contributed by atoms with Crippen LogP contribution < -0.4 is 10.1 Å². The quantitative estimate of drug-likeness (QED) is 0.908. The van der Waals surface area contributed by atoms with Gasteiger partial charge in [-0.05, 0) is 37.1 Å². The van der Waals surface area contributed by atoms with E-state index in [0.29, 0.717) is 5.69 Å². The molecule has 20 heavy (non-hydrogen) atoms. The minimum atomic E-state index is -0.193. The predicted molar refractivity (Wildman–Crippen MR) is 78.9 cm³/mol. The Balaban J connectivity index is 1.90. The lowest BCUT2D eigenvalue weighted by Gasteiger charge is -2.10. The normalized spacial score (nSPS) is 10.1. The fraction of sp³-hybridized carbons (Fsp3) is 0.250. The number of aromatic nitrogens is 1. The van der Waals surface area contributed by atoms with Crippen molar-refractivity contribution >= 4 is 11.6 Å². The molecule has 1 N–H and O–H groups in total. The number of pyridine rings is 1.